The van der Waals surface area contributed by atoms with Crippen LogP contribution in [0.2, 0.25) is 5.02 Å². The Morgan fingerprint density at radius 2 is 2.14 bits per heavy atom. The molecule has 1 unspecified atom stereocenters. The highest BCUT2D eigenvalue weighted by molar-refractivity contribution is 6.31. The zero-order chi connectivity index (χ0) is 21.3. The van der Waals surface area contributed by atoms with Crippen LogP contribution in [0.4, 0.5) is 19.0 Å². The van der Waals surface area contributed by atoms with Gasteiger partial charge in [-0.3, -0.25) is 9.59 Å². The van der Waals surface area contributed by atoms with E-state index in [1.54, 1.807) is 13.0 Å². The third-order valence-electron chi connectivity index (χ3n) is 4.32. The standard InChI is InChI=1S/C18H16ClF3N4O3/c1-9(11-5-14(19)16(24-6-11)29-8-18(20,21)22)26-7-13-12(17(26)28)3-4-23-15(13)25-10(2)27/h3-6,9H,7-8H2,1-2H3,(H,23,25,27). The highest BCUT2D eigenvalue weighted by Gasteiger charge is 2.34. The number of amides is 2. The van der Waals surface area contributed by atoms with E-state index < -0.39 is 18.8 Å². The molecule has 0 saturated carbocycles. The van der Waals surface area contributed by atoms with Gasteiger partial charge >= 0.3 is 6.18 Å². The van der Waals surface area contributed by atoms with Crippen molar-refractivity contribution in [2.75, 3.05) is 11.9 Å². The molecule has 2 aromatic heterocycles. The van der Waals surface area contributed by atoms with Crippen LogP contribution in [-0.4, -0.2) is 39.5 Å². The van der Waals surface area contributed by atoms with Crippen LogP contribution in [0.25, 0.3) is 0 Å². The summed E-state index contributed by atoms with van der Waals surface area (Å²) in [6.45, 7) is 1.77. The summed E-state index contributed by atoms with van der Waals surface area (Å²) in [6, 6.07) is 2.49. The van der Waals surface area contributed by atoms with Crippen LogP contribution in [0.5, 0.6) is 5.88 Å². The average Bonchev–Trinajstić information content (AvgIpc) is 2.97. The predicted molar refractivity (Wildman–Crippen MR) is 97.6 cm³/mol. The van der Waals surface area contributed by atoms with Gasteiger partial charge in [0, 0.05) is 30.4 Å². The maximum absolute atomic E-state index is 12.8. The monoisotopic (exact) mass is 428 g/mol. The first kappa shape index (κ1) is 20.8. The molecule has 0 aromatic carbocycles. The van der Waals surface area contributed by atoms with E-state index in [1.807, 2.05) is 0 Å². The van der Waals surface area contributed by atoms with E-state index in [0.29, 0.717) is 22.5 Å². The van der Waals surface area contributed by atoms with Crippen molar-refractivity contribution in [1.82, 2.24) is 14.9 Å². The first-order chi connectivity index (χ1) is 13.6. The molecule has 2 amide bonds. The van der Waals surface area contributed by atoms with Gasteiger partial charge in [0.1, 0.15) is 10.8 Å². The Morgan fingerprint density at radius 1 is 1.41 bits per heavy atom. The quantitative estimate of drug-likeness (QED) is 0.784. The van der Waals surface area contributed by atoms with E-state index in [9.17, 15) is 22.8 Å². The Balaban J connectivity index is 1.80. The number of hydrogen-bond donors (Lipinski definition) is 1. The van der Waals surface area contributed by atoms with Gasteiger partial charge in [-0.05, 0) is 24.6 Å². The molecular weight excluding hydrogens is 413 g/mol. The first-order valence-corrected chi connectivity index (χ1v) is 8.86. The molecule has 2 aromatic rings. The Morgan fingerprint density at radius 3 is 2.76 bits per heavy atom. The Kier molecular flexibility index (Phi) is 5.65. The number of hydrogen-bond acceptors (Lipinski definition) is 5. The number of alkyl halides is 3. The molecule has 1 N–H and O–H groups in total. The number of fused-ring (bicyclic) bond motifs is 1. The molecule has 11 heteroatoms. The van der Waals surface area contributed by atoms with Crippen molar-refractivity contribution in [1.29, 1.82) is 0 Å². The van der Waals surface area contributed by atoms with Crippen molar-refractivity contribution in [2.45, 2.75) is 32.6 Å². The van der Waals surface area contributed by atoms with Crippen LogP contribution in [-0.2, 0) is 11.3 Å². The fourth-order valence-corrected chi connectivity index (χ4v) is 3.17. The Labute approximate surface area is 168 Å². The minimum atomic E-state index is -4.51. The molecule has 1 atom stereocenters. The molecule has 0 saturated heterocycles. The molecule has 0 aliphatic carbocycles. The third kappa shape index (κ3) is 4.58. The lowest BCUT2D eigenvalue weighted by Crippen LogP contribution is -2.27. The number of carbonyl (C=O) groups is 2. The second kappa shape index (κ2) is 7.86. The van der Waals surface area contributed by atoms with Crippen molar-refractivity contribution in [3.8, 4) is 5.88 Å². The molecule has 3 heterocycles. The first-order valence-electron chi connectivity index (χ1n) is 8.48. The van der Waals surface area contributed by atoms with Crippen LogP contribution in [0.15, 0.2) is 24.5 Å². The minimum absolute atomic E-state index is 0.0941. The van der Waals surface area contributed by atoms with Gasteiger partial charge in [-0.1, -0.05) is 11.6 Å². The second-order valence-corrected chi connectivity index (χ2v) is 6.84. The number of rotatable bonds is 5. The Hall–Kier alpha value is -2.88. The van der Waals surface area contributed by atoms with E-state index in [2.05, 4.69) is 20.0 Å². The fraction of sp³-hybridized carbons (Fsp3) is 0.333. The normalized spacial score (nSPS) is 14.6. The number of aromatic nitrogens is 2. The summed E-state index contributed by atoms with van der Waals surface area (Å²) >= 11 is 6.00. The molecule has 1 aliphatic heterocycles. The van der Waals surface area contributed by atoms with Gasteiger partial charge in [0.05, 0.1) is 12.6 Å². The summed E-state index contributed by atoms with van der Waals surface area (Å²) in [4.78, 5) is 33.6. The topological polar surface area (TPSA) is 84.4 Å². The van der Waals surface area contributed by atoms with Crippen LogP contribution >= 0.6 is 11.6 Å². The summed E-state index contributed by atoms with van der Waals surface area (Å²) < 4.78 is 41.5. The van der Waals surface area contributed by atoms with Gasteiger partial charge in [0.25, 0.3) is 5.91 Å². The van der Waals surface area contributed by atoms with Gasteiger partial charge in [0.15, 0.2) is 6.61 Å². The van der Waals surface area contributed by atoms with E-state index in [1.165, 1.54) is 30.3 Å². The van der Waals surface area contributed by atoms with Crippen molar-refractivity contribution >= 4 is 29.2 Å². The van der Waals surface area contributed by atoms with Gasteiger partial charge < -0.3 is 15.0 Å². The molecule has 0 spiro atoms. The number of anilines is 1. The zero-order valence-corrected chi connectivity index (χ0v) is 16.1. The summed E-state index contributed by atoms with van der Waals surface area (Å²) in [5.74, 6) is -0.608. The van der Waals surface area contributed by atoms with Crippen LogP contribution in [0.1, 0.15) is 41.4 Å². The van der Waals surface area contributed by atoms with Crippen LogP contribution in [0.3, 0.4) is 0 Å². The van der Waals surface area contributed by atoms with Gasteiger partial charge in [0.2, 0.25) is 11.8 Å². The summed E-state index contributed by atoms with van der Waals surface area (Å²) in [6.07, 6.45) is -1.77. The molecule has 29 heavy (non-hydrogen) atoms. The highest BCUT2D eigenvalue weighted by Crippen LogP contribution is 2.35. The Bertz CT molecular complexity index is 968. The van der Waals surface area contributed by atoms with E-state index in [-0.39, 0.29) is 29.3 Å². The fourth-order valence-electron chi connectivity index (χ4n) is 2.94. The maximum Gasteiger partial charge on any atom is 0.422 e. The third-order valence-corrected chi connectivity index (χ3v) is 4.59. The summed E-state index contributed by atoms with van der Waals surface area (Å²) in [7, 11) is 0. The van der Waals surface area contributed by atoms with Crippen molar-refractivity contribution < 1.29 is 27.5 Å². The lowest BCUT2D eigenvalue weighted by Gasteiger charge is -2.25. The molecule has 1 aliphatic rings. The summed E-state index contributed by atoms with van der Waals surface area (Å²) in [5.41, 5.74) is 1.52. The second-order valence-electron chi connectivity index (χ2n) is 6.44. The largest absolute Gasteiger partial charge is 0.467 e. The van der Waals surface area contributed by atoms with Gasteiger partial charge in [-0.25, -0.2) is 9.97 Å². The van der Waals surface area contributed by atoms with Crippen LogP contribution in [0, 0.1) is 0 Å². The molecule has 3 rings (SSSR count). The molecule has 0 fully saturated rings. The minimum Gasteiger partial charge on any atom is -0.467 e. The molecular formula is C18H16ClF3N4O3. The van der Waals surface area contributed by atoms with Crippen LogP contribution < -0.4 is 10.1 Å². The highest BCUT2D eigenvalue weighted by atomic mass is 35.5. The molecule has 154 valence electrons. The number of halogens is 4. The molecule has 0 radical (unpaired) electrons. The van der Waals surface area contributed by atoms with Crippen molar-refractivity contribution in [3.63, 3.8) is 0 Å². The zero-order valence-electron chi connectivity index (χ0n) is 15.4. The van der Waals surface area contributed by atoms with Gasteiger partial charge in [-0.15, -0.1) is 0 Å². The van der Waals surface area contributed by atoms with E-state index >= 15 is 0 Å². The summed E-state index contributed by atoms with van der Waals surface area (Å²) in [5, 5.41) is 2.50. The number of nitrogens with zero attached hydrogens (tertiary/aromatic N) is 3. The number of pyridine rings is 2. The SMILES string of the molecule is CC(=O)Nc1nccc2c1CN(C(C)c1cnc(OCC(F)(F)F)c(Cl)c1)C2=O. The predicted octanol–water partition coefficient (Wildman–Crippen LogP) is 3.75. The number of nitrogens with one attached hydrogen (secondary N) is 1. The van der Waals surface area contributed by atoms with E-state index in [0.717, 1.165) is 0 Å². The molecule has 0 bridgehead atoms. The number of ether oxygens (including phenoxy) is 1. The van der Waals surface area contributed by atoms with Crippen molar-refractivity contribution in [3.05, 3.63) is 46.2 Å². The lowest BCUT2D eigenvalue weighted by atomic mass is 10.1. The van der Waals surface area contributed by atoms with E-state index in [4.69, 9.17) is 11.6 Å². The average molecular weight is 429 g/mol. The number of carbonyl (C=O) groups excluding carboxylic acids is 2. The van der Waals surface area contributed by atoms with Gasteiger partial charge in [-0.2, -0.15) is 13.2 Å². The molecule has 7 nitrogen and oxygen atoms in total. The smallest absolute Gasteiger partial charge is 0.422 e. The van der Waals surface area contributed by atoms with Crippen molar-refractivity contribution in [2.24, 2.45) is 0 Å². The lowest BCUT2D eigenvalue weighted by molar-refractivity contribution is -0.154. The maximum atomic E-state index is 12.8.